The van der Waals surface area contributed by atoms with E-state index in [4.69, 9.17) is 4.74 Å². The van der Waals surface area contributed by atoms with Crippen molar-refractivity contribution in [3.05, 3.63) is 22.9 Å². The summed E-state index contributed by atoms with van der Waals surface area (Å²) in [6.45, 7) is 5.16. The zero-order valence-electron chi connectivity index (χ0n) is 8.66. The first kappa shape index (κ1) is 11.5. The van der Waals surface area contributed by atoms with E-state index in [1.165, 1.54) is 12.8 Å². The first-order chi connectivity index (χ1) is 6.72. The van der Waals surface area contributed by atoms with Gasteiger partial charge in [-0.15, -0.1) is 0 Å². The van der Waals surface area contributed by atoms with Crippen LogP contribution in [0.4, 0.5) is 0 Å². The second-order valence-electron chi connectivity index (χ2n) is 3.54. The van der Waals surface area contributed by atoms with Gasteiger partial charge in [0, 0.05) is 10.7 Å². The van der Waals surface area contributed by atoms with Gasteiger partial charge in [-0.2, -0.15) is 0 Å². The quantitative estimate of drug-likeness (QED) is 0.804. The minimum absolute atomic E-state index is 0.610. The van der Waals surface area contributed by atoms with E-state index in [0.29, 0.717) is 5.92 Å². The Bertz CT molecular complexity index is 278. The van der Waals surface area contributed by atoms with Crippen LogP contribution in [0.25, 0.3) is 0 Å². The molecule has 0 spiro atoms. The molecule has 2 nitrogen and oxygen atoms in total. The van der Waals surface area contributed by atoms with E-state index < -0.39 is 0 Å². The average Bonchev–Trinajstić information content (AvgIpc) is 2.15. The fourth-order valence-electron chi connectivity index (χ4n) is 1.29. The maximum Gasteiger partial charge on any atom is 0.138 e. The number of aromatic nitrogens is 1. The van der Waals surface area contributed by atoms with Crippen LogP contribution < -0.4 is 4.74 Å². The number of halogens is 1. The predicted octanol–water partition coefficient (Wildman–Crippen LogP) is 3.66. The largest absolute Gasteiger partial charge is 0.492 e. The zero-order valence-corrected chi connectivity index (χ0v) is 10.3. The molecule has 0 N–H and O–H groups in total. The van der Waals surface area contributed by atoms with Crippen molar-refractivity contribution in [3.8, 4) is 5.75 Å². The van der Waals surface area contributed by atoms with Gasteiger partial charge >= 0.3 is 0 Å². The summed E-state index contributed by atoms with van der Waals surface area (Å²) >= 11 is 3.36. The SMILES string of the molecule is CCCC(C)COc1cncc(Br)c1. The van der Waals surface area contributed by atoms with Crippen LogP contribution in [0.5, 0.6) is 5.75 Å². The number of hydrogen-bond acceptors (Lipinski definition) is 2. The lowest BCUT2D eigenvalue weighted by Gasteiger charge is -2.11. The molecule has 1 atom stereocenters. The number of rotatable bonds is 5. The van der Waals surface area contributed by atoms with E-state index in [1.54, 1.807) is 12.4 Å². The summed E-state index contributed by atoms with van der Waals surface area (Å²) in [7, 11) is 0. The molecule has 14 heavy (non-hydrogen) atoms. The second kappa shape index (κ2) is 6.02. The topological polar surface area (TPSA) is 22.1 Å². The molecule has 0 aromatic carbocycles. The van der Waals surface area contributed by atoms with E-state index >= 15 is 0 Å². The summed E-state index contributed by atoms with van der Waals surface area (Å²) in [5.74, 6) is 1.45. The van der Waals surface area contributed by atoms with E-state index in [2.05, 4.69) is 34.8 Å². The fourth-order valence-corrected chi connectivity index (χ4v) is 1.63. The van der Waals surface area contributed by atoms with Gasteiger partial charge in [-0.25, -0.2) is 0 Å². The molecule has 0 aliphatic heterocycles. The van der Waals surface area contributed by atoms with E-state index in [0.717, 1.165) is 16.8 Å². The van der Waals surface area contributed by atoms with Crippen LogP contribution in [0.3, 0.4) is 0 Å². The van der Waals surface area contributed by atoms with Crippen LogP contribution >= 0.6 is 15.9 Å². The Kier molecular flexibility index (Phi) is 4.94. The van der Waals surface area contributed by atoms with Crippen molar-refractivity contribution >= 4 is 15.9 Å². The smallest absolute Gasteiger partial charge is 0.138 e. The molecule has 1 heterocycles. The Hall–Kier alpha value is -0.570. The van der Waals surface area contributed by atoms with E-state index in [-0.39, 0.29) is 0 Å². The maximum atomic E-state index is 5.61. The summed E-state index contributed by atoms with van der Waals surface area (Å²) < 4.78 is 6.57. The number of hydrogen-bond donors (Lipinski definition) is 0. The fraction of sp³-hybridized carbons (Fsp3) is 0.545. The van der Waals surface area contributed by atoms with Gasteiger partial charge < -0.3 is 4.74 Å². The van der Waals surface area contributed by atoms with Crippen molar-refractivity contribution in [3.63, 3.8) is 0 Å². The van der Waals surface area contributed by atoms with Crippen LogP contribution in [-0.4, -0.2) is 11.6 Å². The highest BCUT2D eigenvalue weighted by Crippen LogP contribution is 2.17. The van der Waals surface area contributed by atoms with Crippen LogP contribution in [0.2, 0.25) is 0 Å². The molecule has 0 aliphatic rings. The van der Waals surface area contributed by atoms with Crippen LogP contribution in [0.15, 0.2) is 22.9 Å². The Morgan fingerprint density at radius 3 is 2.93 bits per heavy atom. The standard InChI is InChI=1S/C11H16BrNO/c1-3-4-9(2)8-14-11-5-10(12)6-13-7-11/h5-7,9H,3-4,8H2,1-2H3. The van der Waals surface area contributed by atoms with Gasteiger partial charge in [0.05, 0.1) is 12.8 Å². The number of ether oxygens (including phenoxy) is 1. The van der Waals surface area contributed by atoms with Gasteiger partial charge in [-0.1, -0.05) is 20.3 Å². The third-order valence-corrected chi connectivity index (χ3v) is 2.43. The lowest BCUT2D eigenvalue weighted by Crippen LogP contribution is -2.08. The van der Waals surface area contributed by atoms with Crippen molar-refractivity contribution in [2.75, 3.05) is 6.61 Å². The molecular weight excluding hydrogens is 242 g/mol. The summed E-state index contributed by atoms with van der Waals surface area (Å²) in [5.41, 5.74) is 0. The molecule has 1 rings (SSSR count). The van der Waals surface area contributed by atoms with Gasteiger partial charge in [0.15, 0.2) is 0 Å². The van der Waals surface area contributed by atoms with Gasteiger partial charge in [0.25, 0.3) is 0 Å². The summed E-state index contributed by atoms with van der Waals surface area (Å²) in [6, 6.07) is 1.94. The molecule has 0 saturated heterocycles. The minimum Gasteiger partial charge on any atom is -0.492 e. The predicted molar refractivity (Wildman–Crippen MR) is 61.5 cm³/mol. The molecule has 0 fully saturated rings. The molecule has 1 unspecified atom stereocenters. The second-order valence-corrected chi connectivity index (χ2v) is 4.46. The highest BCUT2D eigenvalue weighted by atomic mass is 79.9. The van der Waals surface area contributed by atoms with Crippen LogP contribution in [-0.2, 0) is 0 Å². The zero-order chi connectivity index (χ0) is 10.4. The third kappa shape index (κ3) is 4.09. The minimum atomic E-state index is 0.610. The van der Waals surface area contributed by atoms with Gasteiger partial charge in [-0.3, -0.25) is 4.98 Å². The molecule has 0 saturated carbocycles. The first-order valence-corrected chi connectivity index (χ1v) is 5.75. The van der Waals surface area contributed by atoms with Crippen LogP contribution in [0, 0.1) is 5.92 Å². The molecule has 0 aliphatic carbocycles. The summed E-state index contributed by atoms with van der Waals surface area (Å²) in [6.07, 6.45) is 5.91. The Balaban J connectivity index is 2.37. The summed E-state index contributed by atoms with van der Waals surface area (Å²) in [4.78, 5) is 4.04. The van der Waals surface area contributed by atoms with Crippen molar-refractivity contribution < 1.29 is 4.74 Å². The monoisotopic (exact) mass is 257 g/mol. The molecule has 0 radical (unpaired) electrons. The highest BCUT2D eigenvalue weighted by Gasteiger charge is 2.02. The summed E-state index contributed by atoms with van der Waals surface area (Å²) in [5, 5.41) is 0. The molecule has 0 bridgehead atoms. The Labute approximate surface area is 93.8 Å². The molecule has 1 aromatic heterocycles. The van der Waals surface area contributed by atoms with Crippen molar-refractivity contribution in [2.45, 2.75) is 26.7 Å². The van der Waals surface area contributed by atoms with Gasteiger partial charge in [-0.05, 0) is 34.3 Å². The molecule has 0 amide bonds. The van der Waals surface area contributed by atoms with Gasteiger partial charge in [0.1, 0.15) is 5.75 Å². The van der Waals surface area contributed by atoms with Crippen molar-refractivity contribution in [1.82, 2.24) is 4.98 Å². The lowest BCUT2D eigenvalue weighted by molar-refractivity contribution is 0.250. The Morgan fingerprint density at radius 1 is 1.50 bits per heavy atom. The highest BCUT2D eigenvalue weighted by molar-refractivity contribution is 9.10. The lowest BCUT2D eigenvalue weighted by atomic mass is 10.1. The normalized spacial score (nSPS) is 12.5. The van der Waals surface area contributed by atoms with Crippen LogP contribution in [0.1, 0.15) is 26.7 Å². The number of pyridine rings is 1. The first-order valence-electron chi connectivity index (χ1n) is 4.95. The third-order valence-electron chi connectivity index (χ3n) is 2.00. The maximum absolute atomic E-state index is 5.61. The molecule has 1 aromatic rings. The molecular formula is C11H16BrNO. The van der Waals surface area contributed by atoms with Gasteiger partial charge in [0.2, 0.25) is 0 Å². The molecule has 78 valence electrons. The van der Waals surface area contributed by atoms with E-state index in [1.807, 2.05) is 6.07 Å². The van der Waals surface area contributed by atoms with Crippen molar-refractivity contribution in [1.29, 1.82) is 0 Å². The van der Waals surface area contributed by atoms with E-state index in [9.17, 15) is 0 Å². The number of nitrogens with zero attached hydrogens (tertiary/aromatic N) is 1. The average molecular weight is 258 g/mol. The molecule has 3 heteroatoms. The van der Waals surface area contributed by atoms with Crippen molar-refractivity contribution in [2.24, 2.45) is 5.92 Å². The Morgan fingerprint density at radius 2 is 2.29 bits per heavy atom.